The van der Waals surface area contributed by atoms with Crippen LogP contribution in [0.1, 0.15) is 42.4 Å². The van der Waals surface area contributed by atoms with Gasteiger partial charge in [-0.25, -0.2) is 9.78 Å². The molecule has 13 heteroatoms. The van der Waals surface area contributed by atoms with E-state index >= 15 is 0 Å². The summed E-state index contributed by atoms with van der Waals surface area (Å²) in [4.78, 5) is 38.1. The first-order valence-corrected chi connectivity index (χ1v) is 10.3. The molecule has 0 saturated heterocycles. The second-order valence-electron chi connectivity index (χ2n) is 6.51. The van der Waals surface area contributed by atoms with Crippen LogP contribution in [0.5, 0.6) is 0 Å². The topological polar surface area (TPSA) is 158 Å². The van der Waals surface area contributed by atoms with Gasteiger partial charge in [0.25, 0.3) is 0 Å². The van der Waals surface area contributed by atoms with Crippen molar-refractivity contribution in [2.45, 2.75) is 44.8 Å². The number of nitrogens with two attached hydrogens (primary N) is 1. The van der Waals surface area contributed by atoms with Crippen LogP contribution in [-0.4, -0.2) is 52.5 Å². The smallest absolute Gasteiger partial charge is 0.475 e. The van der Waals surface area contributed by atoms with Gasteiger partial charge in [-0.2, -0.15) is 13.2 Å². The Hall–Kier alpha value is -3.22. The Kier molecular flexibility index (Phi) is 10.5. The molecular weight excluding hydrogens is 451 g/mol. The number of hydrogen-bond acceptors (Lipinski definition) is 6. The van der Waals surface area contributed by atoms with Gasteiger partial charge in [0.15, 0.2) is 11.0 Å². The number of carboxylic acid groups (broad SMARTS) is 1. The number of nitrogens with zero attached hydrogens (tertiary/aromatic N) is 1. The number of halogens is 3. The van der Waals surface area contributed by atoms with E-state index in [1.807, 2.05) is 31.2 Å². The average Bonchev–Trinajstić information content (AvgIpc) is 3.13. The summed E-state index contributed by atoms with van der Waals surface area (Å²) in [6, 6.07) is 6.95. The fraction of sp³-hybridized carbons (Fsp3) is 0.421. The third-order valence-corrected chi connectivity index (χ3v) is 4.91. The molecule has 1 aromatic heterocycles. The summed E-state index contributed by atoms with van der Waals surface area (Å²) in [7, 11) is 0. The first-order chi connectivity index (χ1) is 15.0. The zero-order valence-corrected chi connectivity index (χ0v) is 18.0. The van der Waals surface area contributed by atoms with Gasteiger partial charge in [0.1, 0.15) is 0 Å². The largest absolute Gasteiger partial charge is 0.490 e. The Labute approximate surface area is 185 Å². The molecule has 1 heterocycles. The van der Waals surface area contributed by atoms with Crippen LogP contribution in [0.3, 0.4) is 0 Å². The summed E-state index contributed by atoms with van der Waals surface area (Å²) in [5, 5.41) is 20.2. The van der Waals surface area contributed by atoms with Gasteiger partial charge in [0.2, 0.25) is 11.7 Å². The fourth-order valence-corrected chi connectivity index (χ4v) is 3.38. The van der Waals surface area contributed by atoms with Crippen LogP contribution in [-0.2, 0) is 9.59 Å². The number of aromatic nitrogens is 1. The van der Waals surface area contributed by atoms with E-state index in [9.17, 15) is 22.8 Å². The summed E-state index contributed by atoms with van der Waals surface area (Å²) >= 11 is 1.34. The van der Waals surface area contributed by atoms with Gasteiger partial charge in [0, 0.05) is 13.0 Å². The number of carbonyl (C=O) groups excluding carboxylic acids is 2. The predicted octanol–water partition coefficient (Wildman–Crippen LogP) is 2.66. The maximum absolute atomic E-state index is 12.8. The minimum Gasteiger partial charge on any atom is -0.475 e. The molecule has 6 N–H and O–H groups in total. The van der Waals surface area contributed by atoms with Gasteiger partial charge >= 0.3 is 12.1 Å². The zero-order valence-electron chi connectivity index (χ0n) is 17.2. The number of carbonyl (C=O) groups is 3. The number of fused-ring (bicyclic) bond motifs is 1. The summed E-state index contributed by atoms with van der Waals surface area (Å²) in [5.41, 5.74) is 6.04. The number of aliphatic carboxylic acids is 1. The molecular formula is C19H24F3N5O4S. The lowest BCUT2D eigenvalue weighted by Crippen LogP contribution is -2.41. The third kappa shape index (κ3) is 9.29. The maximum Gasteiger partial charge on any atom is 0.490 e. The first-order valence-electron chi connectivity index (χ1n) is 9.52. The minimum atomic E-state index is -5.08. The van der Waals surface area contributed by atoms with Crippen molar-refractivity contribution in [3.63, 3.8) is 0 Å². The van der Waals surface area contributed by atoms with Crippen LogP contribution in [0.4, 0.5) is 13.2 Å². The molecule has 0 saturated carbocycles. The highest BCUT2D eigenvalue weighted by Gasteiger charge is 2.38. The van der Waals surface area contributed by atoms with Crippen LogP contribution in [0.2, 0.25) is 0 Å². The molecule has 0 aliphatic carbocycles. The molecule has 0 spiro atoms. The normalized spacial score (nSPS) is 11.8. The van der Waals surface area contributed by atoms with Gasteiger partial charge in [-0.3, -0.25) is 15.0 Å². The Morgan fingerprint density at radius 2 is 1.91 bits per heavy atom. The van der Waals surface area contributed by atoms with E-state index in [2.05, 4.69) is 15.6 Å². The standard InChI is InChI=1S/C17H23N5O2S.C2HF3O2/c1-2-6-14(23)21-12(8-5-10-20-17(18)19)15(24)16-22-11-7-3-4-9-13(11)25-16;3-2(4,5)1(6)7/h3-4,7,9,12H,2,5-6,8,10H2,1H3,(H,21,23)(H4,18,19,20);(H,6,7)/t12-;/m0./s1. The van der Waals surface area contributed by atoms with E-state index in [4.69, 9.17) is 21.0 Å². The number of nitrogens with one attached hydrogen (secondary N) is 3. The third-order valence-electron chi connectivity index (χ3n) is 3.86. The summed E-state index contributed by atoms with van der Waals surface area (Å²) in [6.07, 6.45) is -2.91. The number of Topliss-reactive ketones (excluding diaryl/α,β-unsaturated/α-hetero) is 1. The molecule has 0 unspecified atom stereocenters. The molecule has 32 heavy (non-hydrogen) atoms. The van der Waals surface area contributed by atoms with Crippen molar-refractivity contribution < 1.29 is 32.7 Å². The van der Waals surface area contributed by atoms with Crippen molar-refractivity contribution >= 4 is 45.2 Å². The van der Waals surface area contributed by atoms with Crippen LogP contribution in [0.25, 0.3) is 10.2 Å². The molecule has 1 aromatic carbocycles. The van der Waals surface area contributed by atoms with Gasteiger partial charge in [-0.05, 0) is 31.4 Å². The molecule has 2 aromatic rings. The molecule has 0 radical (unpaired) electrons. The number of rotatable bonds is 9. The monoisotopic (exact) mass is 475 g/mol. The molecule has 9 nitrogen and oxygen atoms in total. The Morgan fingerprint density at radius 3 is 2.44 bits per heavy atom. The summed E-state index contributed by atoms with van der Waals surface area (Å²) < 4.78 is 32.7. The molecule has 0 fully saturated rings. The quantitative estimate of drug-likeness (QED) is 0.161. The van der Waals surface area contributed by atoms with Crippen molar-refractivity contribution in [2.24, 2.45) is 5.73 Å². The highest BCUT2D eigenvalue weighted by Crippen LogP contribution is 2.23. The van der Waals surface area contributed by atoms with Crippen molar-refractivity contribution in [3.8, 4) is 0 Å². The minimum absolute atomic E-state index is 0.107. The van der Waals surface area contributed by atoms with E-state index in [1.165, 1.54) is 11.3 Å². The molecule has 2 rings (SSSR count). The van der Waals surface area contributed by atoms with E-state index in [1.54, 1.807) is 0 Å². The van der Waals surface area contributed by atoms with Gasteiger partial charge < -0.3 is 21.5 Å². The molecule has 176 valence electrons. The fourth-order valence-electron chi connectivity index (χ4n) is 2.42. The van der Waals surface area contributed by atoms with Crippen molar-refractivity contribution in [2.75, 3.05) is 6.54 Å². The molecule has 1 atom stereocenters. The number of alkyl halides is 3. The number of amides is 1. The summed E-state index contributed by atoms with van der Waals surface area (Å²) in [6.45, 7) is 2.39. The number of para-hydroxylation sites is 1. The van der Waals surface area contributed by atoms with Crippen molar-refractivity contribution in [1.29, 1.82) is 5.41 Å². The molecule has 0 aliphatic rings. The lowest BCUT2D eigenvalue weighted by Gasteiger charge is -2.16. The molecule has 0 aliphatic heterocycles. The SMILES string of the molecule is CCCC(=O)N[C@@H](CCCNC(=N)N)C(=O)c1nc2ccccc2s1.O=C(O)C(F)(F)F. The Bertz CT molecular complexity index is 915. The number of benzene rings is 1. The Balaban J connectivity index is 0.000000633. The Morgan fingerprint density at radius 1 is 1.28 bits per heavy atom. The number of guanidine groups is 1. The van der Waals surface area contributed by atoms with Crippen molar-refractivity contribution in [1.82, 2.24) is 15.6 Å². The number of carboxylic acids is 1. The van der Waals surface area contributed by atoms with E-state index in [-0.39, 0.29) is 17.6 Å². The van der Waals surface area contributed by atoms with Gasteiger partial charge in [0.05, 0.1) is 16.3 Å². The highest BCUT2D eigenvalue weighted by molar-refractivity contribution is 7.20. The van der Waals surface area contributed by atoms with Crippen molar-refractivity contribution in [3.05, 3.63) is 29.3 Å². The predicted molar refractivity (Wildman–Crippen MR) is 114 cm³/mol. The average molecular weight is 475 g/mol. The summed E-state index contributed by atoms with van der Waals surface area (Å²) in [5.74, 6) is -3.17. The number of hydrogen-bond donors (Lipinski definition) is 5. The van der Waals surface area contributed by atoms with Crippen LogP contribution >= 0.6 is 11.3 Å². The second kappa shape index (κ2) is 12.6. The lowest BCUT2D eigenvalue weighted by atomic mass is 10.1. The first kappa shape index (κ1) is 26.8. The van der Waals surface area contributed by atoms with Gasteiger partial charge in [-0.15, -0.1) is 11.3 Å². The highest BCUT2D eigenvalue weighted by atomic mass is 32.1. The number of ketones is 1. The lowest BCUT2D eigenvalue weighted by molar-refractivity contribution is -0.192. The van der Waals surface area contributed by atoms with Crippen LogP contribution in [0.15, 0.2) is 24.3 Å². The zero-order chi connectivity index (χ0) is 24.3. The van der Waals surface area contributed by atoms with Gasteiger partial charge in [-0.1, -0.05) is 19.1 Å². The molecule has 0 bridgehead atoms. The van der Waals surface area contributed by atoms with E-state index in [0.717, 1.165) is 16.6 Å². The van der Waals surface area contributed by atoms with E-state index < -0.39 is 18.2 Å². The van der Waals surface area contributed by atoms with Crippen LogP contribution < -0.4 is 16.4 Å². The second-order valence-corrected chi connectivity index (χ2v) is 7.54. The van der Waals surface area contributed by atoms with Crippen LogP contribution in [0, 0.1) is 5.41 Å². The maximum atomic E-state index is 12.8. The number of thiazole rings is 1. The molecule has 1 amide bonds. The van der Waals surface area contributed by atoms with E-state index in [0.29, 0.717) is 30.8 Å².